The van der Waals surface area contributed by atoms with Gasteiger partial charge in [-0.25, -0.2) is 9.69 Å². The van der Waals surface area contributed by atoms with Gasteiger partial charge in [-0.2, -0.15) is 0 Å². The van der Waals surface area contributed by atoms with Crippen LogP contribution in [-0.4, -0.2) is 41.6 Å². The number of ketones is 1. The van der Waals surface area contributed by atoms with Gasteiger partial charge < -0.3 is 14.1 Å². The summed E-state index contributed by atoms with van der Waals surface area (Å²) < 4.78 is 10.2. The lowest BCUT2D eigenvalue weighted by Crippen LogP contribution is -2.44. The molecule has 0 bridgehead atoms. The molecule has 0 radical (unpaired) electrons. The predicted octanol–water partition coefficient (Wildman–Crippen LogP) is 3.46. The molecule has 2 amide bonds. The Bertz CT molecular complexity index is 1410. The molecule has 0 N–H and O–H groups in total. The molecule has 3 aromatic rings. The number of Topliss-reactive ketones (excluding diaryl/α,β-unsaturated/α-hetero) is 1. The average molecular weight is 468 g/mol. The lowest BCUT2D eigenvalue weighted by atomic mass is 9.84. The van der Waals surface area contributed by atoms with Crippen LogP contribution >= 0.6 is 0 Å². The molecular formula is C27H20N2O6. The van der Waals surface area contributed by atoms with Crippen molar-refractivity contribution in [2.75, 3.05) is 12.0 Å². The molecule has 35 heavy (non-hydrogen) atoms. The van der Waals surface area contributed by atoms with Gasteiger partial charge >= 0.3 is 5.97 Å². The number of carbonyl (C=O) groups is 4. The molecule has 4 heterocycles. The highest BCUT2D eigenvalue weighted by Gasteiger charge is 2.65. The number of anilines is 1. The minimum atomic E-state index is -0.952. The molecular weight excluding hydrogens is 448 g/mol. The standard InChI is InChI=1S/C27H20N2O6/c1-34-27(33)17-9-4-5-10-18(17)29-25(31)20-21(26(29)32)23(24(30)19-11-6-14-35-19)28-13-12-15-7-2-3-8-16(15)22(20)28/h2-14,20-23H,1H3/t20-,21+,22?,23-/m0/s1. The number of hydrogen-bond donors (Lipinski definition) is 0. The molecule has 2 fully saturated rings. The van der Waals surface area contributed by atoms with Gasteiger partial charge in [0.2, 0.25) is 17.6 Å². The number of ether oxygens (including phenoxy) is 1. The molecule has 1 unspecified atom stereocenters. The third-order valence-electron chi connectivity index (χ3n) is 7.04. The molecule has 0 saturated carbocycles. The lowest BCUT2D eigenvalue weighted by Gasteiger charge is -2.35. The average Bonchev–Trinajstić information content (AvgIpc) is 3.60. The zero-order chi connectivity index (χ0) is 24.3. The second kappa shape index (κ2) is 7.80. The summed E-state index contributed by atoms with van der Waals surface area (Å²) in [6, 6.07) is 15.7. The van der Waals surface area contributed by atoms with Gasteiger partial charge in [-0.1, -0.05) is 36.4 Å². The number of esters is 1. The van der Waals surface area contributed by atoms with Crippen LogP contribution in [0.4, 0.5) is 5.69 Å². The summed E-state index contributed by atoms with van der Waals surface area (Å²) in [6.45, 7) is 0. The van der Waals surface area contributed by atoms with E-state index in [1.807, 2.05) is 35.2 Å². The molecule has 0 aliphatic carbocycles. The van der Waals surface area contributed by atoms with E-state index in [0.717, 1.165) is 16.0 Å². The van der Waals surface area contributed by atoms with Gasteiger partial charge in [0.1, 0.15) is 6.04 Å². The van der Waals surface area contributed by atoms with Crippen LogP contribution in [0, 0.1) is 11.8 Å². The Balaban J connectivity index is 1.51. The Labute approximate surface area is 200 Å². The first-order valence-corrected chi connectivity index (χ1v) is 11.2. The molecule has 6 rings (SSSR count). The van der Waals surface area contributed by atoms with Crippen LogP contribution in [0.2, 0.25) is 0 Å². The number of imide groups is 1. The number of fused-ring (bicyclic) bond motifs is 5. The van der Waals surface area contributed by atoms with Crippen LogP contribution in [0.25, 0.3) is 6.08 Å². The molecule has 174 valence electrons. The third-order valence-corrected chi connectivity index (χ3v) is 7.04. The number of hydrogen-bond acceptors (Lipinski definition) is 7. The number of rotatable bonds is 4. The van der Waals surface area contributed by atoms with Crippen LogP contribution in [-0.2, 0) is 14.3 Å². The SMILES string of the molecule is COC(=O)c1ccccc1N1C(=O)[C@@H]2[C@H](C1=O)C1c3ccccc3C=CN1[C@@H]2C(=O)c1ccco1. The van der Waals surface area contributed by atoms with E-state index in [-0.39, 0.29) is 22.8 Å². The van der Waals surface area contributed by atoms with Crippen molar-refractivity contribution in [3.05, 3.63) is 95.6 Å². The molecule has 1 aromatic heterocycles. The Hall–Kier alpha value is -4.46. The van der Waals surface area contributed by atoms with E-state index in [1.165, 1.54) is 19.4 Å². The van der Waals surface area contributed by atoms with E-state index in [4.69, 9.17) is 9.15 Å². The molecule has 8 heteroatoms. The zero-order valence-electron chi connectivity index (χ0n) is 18.7. The maximum absolute atomic E-state index is 13.9. The Morgan fingerprint density at radius 1 is 0.914 bits per heavy atom. The molecule has 0 spiro atoms. The van der Waals surface area contributed by atoms with Crippen molar-refractivity contribution in [3.63, 3.8) is 0 Å². The second-order valence-corrected chi connectivity index (χ2v) is 8.70. The number of carbonyl (C=O) groups excluding carboxylic acids is 4. The summed E-state index contributed by atoms with van der Waals surface area (Å²) in [4.78, 5) is 56.7. The molecule has 8 nitrogen and oxygen atoms in total. The van der Waals surface area contributed by atoms with E-state index in [1.54, 1.807) is 36.5 Å². The number of methoxy groups -OCH3 is 1. The van der Waals surface area contributed by atoms with E-state index < -0.39 is 41.7 Å². The van der Waals surface area contributed by atoms with Crippen molar-refractivity contribution < 1.29 is 28.3 Å². The summed E-state index contributed by atoms with van der Waals surface area (Å²) in [5.74, 6) is -3.66. The quantitative estimate of drug-likeness (QED) is 0.329. The minimum Gasteiger partial charge on any atom is -0.465 e. The lowest BCUT2D eigenvalue weighted by molar-refractivity contribution is -0.123. The Morgan fingerprint density at radius 2 is 1.66 bits per heavy atom. The van der Waals surface area contributed by atoms with Gasteiger partial charge in [-0.3, -0.25) is 14.4 Å². The second-order valence-electron chi connectivity index (χ2n) is 8.70. The highest BCUT2D eigenvalue weighted by molar-refractivity contribution is 6.26. The first-order valence-electron chi connectivity index (χ1n) is 11.2. The van der Waals surface area contributed by atoms with E-state index in [9.17, 15) is 19.2 Å². The predicted molar refractivity (Wildman–Crippen MR) is 124 cm³/mol. The summed E-state index contributed by atoms with van der Waals surface area (Å²) in [5, 5.41) is 0. The number of nitrogens with zero attached hydrogens (tertiary/aromatic N) is 2. The van der Waals surface area contributed by atoms with E-state index >= 15 is 0 Å². The largest absolute Gasteiger partial charge is 0.465 e. The Morgan fingerprint density at radius 3 is 2.43 bits per heavy atom. The molecule has 3 aliphatic rings. The van der Waals surface area contributed by atoms with Crippen LogP contribution in [0.5, 0.6) is 0 Å². The van der Waals surface area contributed by atoms with Crippen molar-refractivity contribution in [2.45, 2.75) is 12.1 Å². The van der Waals surface area contributed by atoms with Crippen LogP contribution < -0.4 is 4.90 Å². The third kappa shape index (κ3) is 2.92. The molecule has 4 atom stereocenters. The Kier molecular flexibility index (Phi) is 4.70. The van der Waals surface area contributed by atoms with Gasteiger partial charge in [0.25, 0.3) is 0 Å². The van der Waals surface area contributed by atoms with Gasteiger partial charge in [-0.05, 0) is 41.5 Å². The minimum absolute atomic E-state index is 0.103. The number of furan rings is 1. The van der Waals surface area contributed by atoms with E-state index in [0.29, 0.717) is 0 Å². The normalized spacial score (nSPS) is 24.3. The highest BCUT2D eigenvalue weighted by Crippen LogP contribution is 2.54. The number of benzene rings is 2. The maximum Gasteiger partial charge on any atom is 0.339 e. The maximum atomic E-state index is 13.9. The monoisotopic (exact) mass is 468 g/mol. The van der Waals surface area contributed by atoms with Gasteiger partial charge in [-0.15, -0.1) is 0 Å². The number of amides is 2. The molecule has 2 saturated heterocycles. The van der Waals surface area contributed by atoms with Crippen molar-refractivity contribution in [1.29, 1.82) is 0 Å². The number of para-hydroxylation sites is 1. The van der Waals surface area contributed by atoms with Crippen molar-refractivity contribution in [1.82, 2.24) is 4.90 Å². The topological polar surface area (TPSA) is 97.1 Å². The van der Waals surface area contributed by atoms with Gasteiger partial charge in [0, 0.05) is 6.20 Å². The van der Waals surface area contributed by atoms with E-state index in [2.05, 4.69) is 0 Å². The van der Waals surface area contributed by atoms with Crippen LogP contribution in [0.1, 0.15) is 38.1 Å². The first kappa shape index (κ1) is 21.1. The first-order chi connectivity index (χ1) is 17.0. The fourth-order valence-electron chi connectivity index (χ4n) is 5.61. The summed E-state index contributed by atoms with van der Waals surface area (Å²) >= 11 is 0. The zero-order valence-corrected chi connectivity index (χ0v) is 18.7. The molecule has 3 aliphatic heterocycles. The highest BCUT2D eigenvalue weighted by atomic mass is 16.5. The van der Waals surface area contributed by atoms with Crippen molar-refractivity contribution in [3.8, 4) is 0 Å². The van der Waals surface area contributed by atoms with Crippen LogP contribution in [0.15, 0.2) is 77.5 Å². The summed E-state index contributed by atoms with van der Waals surface area (Å²) in [7, 11) is 1.24. The molecule has 2 aromatic carbocycles. The fourth-order valence-corrected chi connectivity index (χ4v) is 5.61. The summed E-state index contributed by atoms with van der Waals surface area (Å²) in [6.07, 6.45) is 5.07. The smallest absolute Gasteiger partial charge is 0.339 e. The fraction of sp³-hybridized carbons (Fsp3) is 0.185. The van der Waals surface area contributed by atoms with Crippen molar-refractivity contribution in [2.24, 2.45) is 11.8 Å². The van der Waals surface area contributed by atoms with Crippen molar-refractivity contribution >= 4 is 35.3 Å². The summed E-state index contributed by atoms with van der Waals surface area (Å²) in [5.41, 5.74) is 2.04. The van der Waals surface area contributed by atoms with Gasteiger partial charge in [0.05, 0.1) is 42.5 Å². The van der Waals surface area contributed by atoms with Gasteiger partial charge in [0.15, 0.2) is 5.76 Å². The van der Waals surface area contributed by atoms with Crippen LogP contribution in [0.3, 0.4) is 0 Å².